The van der Waals surface area contributed by atoms with Crippen LogP contribution in [0.15, 0.2) is 17.1 Å². The molecule has 0 aromatic carbocycles. The second-order valence-corrected chi connectivity index (χ2v) is 6.85. The monoisotopic (exact) mass is 369 g/mol. The van der Waals surface area contributed by atoms with Gasteiger partial charge in [-0.15, -0.1) is 0 Å². The van der Waals surface area contributed by atoms with Crippen LogP contribution >= 0.6 is 0 Å². The highest BCUT2D eigenvalue weighted by atomic mass is 16.5. The minimum atomic E-state index is -2.17. The molecular formula is C20H40BNO4. The zero-order chi connectivity index (χ0) is 19.3. The Morgan fingerprint density at radius 1 is 0.846 bits per heavy atom. The molecule has 5 nitrogen and oxygen atoms in total. The minimum absolute atomic E-state index is 0.762. The van der Waals surface area contributed by atoms with Gasteiger partial charge < -0.3 is 19.8 Å². The van der Waals surface area contributed by atoms with Gasteiger partial charge in [0.15, 0.2) is 0 Å². The lowest BCUT2D eigenvalue weighted by Crippen LogP contribution is -2.07. The predicted molar refractivity (Wildman–Crippen MR) is 110 cm³/mol. The number of allylic oxidation sites excluding steroid dienone is 1. The predicted octanol–water partition coefficient (Wildman–Crippen LogP) is 4.40. The van der Waals surface area contributed by atoms with E-state index in [1.54, 1.807) is 0 Å². The van der Waals surface area contributed by atoms with E-state index in [1.165, 1.54) is 89.9 Å². The van der Waals surface area contributed by atoms with E-state index in [4.69, 9.17) is 19.8 Å². The highest BCUT2D eigenvalue weighted by molar-refractivity contribution is 6.30. The number of unbranched alkanes of at least 4 members (excludes halogenated alkanes) is 13. The first-order chi connectivity index (χ1) is 12.7. The van der Waals surface area contributed by atoms with Crippen molar-refractivity contribution in [3.63, 3.8) is 0 Å². The summed E-state index contributed by atoms with van der Waals surface area (Å²) >= 11 is 0. The van der Waals surface area contributed by atoms with Gasteiger partial charge in [0.2, 0.25) is 5.90 Å². The van der Waals surface area contributed by atoms with E-state index in [0.29, 0.717) is 0 Å². The van der Waals surface area contributed by atoms with Gasteiger partial charge in [0.05, 0.1) is 6.54 Å². The molecule has 0 amide bonds. The number of aliphatic imine (C=N–C) groups is 1. The molecule has 0 saturated carbocycles. The van der Waals surface area contributed by atoms with Crippen LogP contribution in [0, 0.1) is 0 Å². The van der Waals surface area contributed by atoms with Crippen molar-refractivity contribution in [1.82, 2.24) is 0 Å². The van der Waals surface area contributed by atoms with Crippen LogP contribution in [0.4, 0.5) is 0 Å². The van der Waals surface area contributed by atoms with Crippen molar-refractivity contribution >= 4 is 13.2 Å². The van der Waals surface area contributed by atoms with Crippen molar-refractivity contribution in [3.05, 3.63) is 12.2 Å². The molecule has 0 aromatic rings. The van der Waals surface area contributed by atoms with Crippen molar-refractivity contribution in [2.45, 2.75) is 96.8 Å². The molecule has 3 N–H and O–H groups in total. The van der Waals surface area contributed by atoms with Crippen molar-refractivity contribution in [3.8, 4) is 0 Å². The molecule has 0 radical (unpaired) electrons. The topological polar surface area (TPSA) is 82.3 Å². The maximum Gasteiger partial charge on any atom is 0.631 e. The first-order valence-electron chi connectivity index (χ1n) is 10.5. The lowest BCUT2D eigenvalue weighted by molar-refractivity contribution is 0.278. The van der Waals surface area contributed by atoms with E-state index < -0.39 is 7.32 Å². The summed E-state index contributed by atoms with van der Waals surface area (Å²) in [5.41, 5.74) is 0. The van der Waals surface area contributed by atoms with Crippen LogP contribution in [0.1, 0.15) is 96.8 Å². The molecule has 26 heavy (non-hydrogen) atoms. The molecule has 0 saturated heterocycles. The third kappa shape index (κ3) is 21.2. The lowest BCUT2D eigenvalue weighted by atomic mass is 10.0. The largest absolute Gasteiger partial charge is 0.631 e. The Balaban J connectivity index is 0.00000141. The summed E-state index contributed by atoms with van der Waals surface area (Å²) in [5.74, 6) is 0.828. The molecule has 0 spiro atoms. The van der Waals surface area contributed by atoms with Gasteiger partial charge in [-0.3, -0.25) is 0 Å². The maximum atomic E-state index is 7.17. The van der Waals surface area contributed by atoms with E-state index in [9.17, 15) is 0 Å². The molecule has 0 unspecified atom stereocenters. The Kier molecular flexibility index (Phi) is 19.8. The molecule has 1 aliphatic rings. The second-order valence-electron chi connectivity index (χ2n) is 6.85. The molecule has 0 aliphatic carbocycles. The number of ether oxygens (including phenoxy) is 1. The summed E-state index contributed by atoms with van der Waals surface area (Å²) < 4.78 is 5.34. The zero-order valence-electron chi connectivity index (χ0n) is 16.7. The molecule has 6 heteroatoms. The van der Waals surface area contributed by atoms with Crippen LogP contribution in [0.2, 0.25) is 0 Å². The van der Waals surface area contributed by atoms with Gasteiger partial charge in [-0.05, 0) is 18.9 Å². The number of hydrogen-bond acceptors (Lipinski definition) is 5. The summed E-state index contributed by atoms with van der Waals surface area (Å²) in [6, 6.07) is 0. The number of nitrogens with zero attached hydrogens (tertiary/aromatic N) is 1. The van der Waals surface area contributed by atoms with Crippen LogP contribution in [0.25, 0.3) is 0 Å². The Morgan fingerprint density at radius 2 is 1.31 bits per heavy atom. The fourth-order valence-electron chi connectivity index (χ4n) is 2.92. The van der Waals surface area contributed by atoms with Crippen molar-refractivity contribution in [2.75, 3.05) is 13.2 Å². The number of rotatable bonds is 15. The molecule has 1 heterocycles. The summed E-state index contributed by atoms with van der Waals surface area (Å²) in [5, 5.41) is 21.5. The standard InChI is InChI=1S/C20H37NO.BH3O3/c1-2-3-4-5-6-7-8-9-10-11-12-13-14-15-16-17-20-21-18-19-22-20;2-1(3)4/h16-17H,2-15,18-19H2,1H3;2-4H. The van der Waals surface area contributed by atoms with Crippen LogP contribution in [0.5, 0.6) is 0 Å². The highest BCUT2D eigenvalue weighted by Crippen LogP contribution is 2.13. The molecule has 1 aliphatic heterocycles. The fraction of sp³-hybridized carbons (Fsp3) is 0.850. The molecule has 0 bridgehead atoms. The van der Waals surface area contributed by atoms with Crippen LogP contribution in [-0.4, -0.2) is 41.4 Å². The van der Waals surface area contributed by atoms with Crippen LogP contribution < -0.4 is 0 Å². The molecular weight excluding hydrogens is 329 g/mol. The van der Waals surface area contributed by atoms with Crippen LogP contribution in [0.3, 0.4) is 0 Å². The Hall–Kier alpha value is -0.845. The van der Waals surface area contributed by atoms with Crippen molar-refractivity contribution < 1.29 is 19.8 Å². The van der Waals surface area contributed by atoms with Crippen molar-refractivity contribution in [1.29, 1.82) is 0 Å². The van der Waals surface area contributed by atoms with E-state index in [0.717, 1.165) is 19.0 Å². The first-order valence-corrected chi connectivity index (χ1v) is 10.5. The minimum Gasteiger partial charge on any atom is -0.476 e. The van der Waals surface area contributed by atoms with E-state index in [-0.39, 0.29) is 0 Å². The highest BCUT2D eigenvalue weighted by Gasteiger charge is 2.01. The fourth-order valence-corrected chi connectivity index (χ4v) is 2.92. The summed E-state index contributed by atoms with van der Waals surface area (Å²) in [6.07, 6.45) is 23.9. The Bertz CT molecular complexity index is 346. The van der Waals surface area contributed by atoms with Gasteiger partial charge in [0.1, 0.15) is 6.61 Å². The van der Waals surface area contributed by atoms with E-state index >= 15 is 0 Å². The smallest absolute Gasteiger partial charge is 0.476 e. The lowest BCUT2D eigenvalue weighted by Gasteiger charge is -2.02. The average molecular weight is 369 g/mol. The van der Waals surface area contributed by atoms with E-state index in [2.05, 4.69) is 18.0 Å². The Morgan fingerprint density at radius 3 is 1.73 bits per heavy atom. The van der Waals surface area contributed by atoms with Gasteiger partial charge >= 0.3 is 7.32 Å². The van der Waals surface area contributed by atoms with Crippen molar-refractivity contribution in [2.24, 2.45) is 4.99 Å². The molecule has 1 rings (SSSR count). The average Bonchev–Trinajstić information content (AvgIpc) is 3.11. The third-order valence-electron chi connectivity index (χ3n) is 4.34. The van der Waals surface area contributed by atoms with E-state index in [1.807, 2.05) is 6.08 Å². The summed E-state index contributed by atoms with van der Waals surface area (Å²) in [7, 11) is -2.17. The summed E-state index contributed by atoms with van der Waals surface area (Å²) in [6.45, 7) is 3.88. The maximum absolute atomic E-state index is 7.17. The quantitative estimate of drug-likeness (QED) is 0.295. The molecule has 0 fully saturated rings. The van der Waals surface area contributed by atoms with Crippen LogP contribution in [-0.2, 0) is 4.74 Å². The second kappa shape index (κ2) is 20.5. The van der Waals surface area contributed by atoms with Gasteiger partial charge in [0, 0.05) is 0 Å². The van der Waals surface area contributed by atoms with Gasteiger partial charge in [-0.1, -0.05) is 90.0 Å². The number of hydrogen-bond donors (Lipinski definition) is 3. The molecule has 152 valence electrons. The molecule has 0 aromatic heterocycles. The molecule has 0 atom stereocenters. The summed E-state index contributed by atoms with van der Waals surface area (Å²) in [4.78, 5) is 4.25. The third-order valence-corrected chi connectivity index (χ3v) is 4.34. The SMILES string of the molecule is CCCCCCCCCCCCCCCC=CC1=NCCO1.OB(O)O. The Labute approximate surface area is 160 Å². The van der Waals surface area contributed by atoms with Gasteiger partial charge in [0.25, 0.3) is 0 Å². The van der Waals surface area contributed by atoms with Gasteiger partial charge in [-0.2, -0.15) is 0 Å². The van der Waals surface area contributed by atoms with Gasteiger partial charge in [-0.25, -0.2) is 4.99 Å². The first kappa shape index (κ1) is 25.2. The normalized spacial score (nSPS) is 13.3. The zero-order valence-corrected chi connectivity index (χ0v) is 16.7.